The maximum absolute atomic E-state index is 12.2. The minimum atomic E-state index is -0.413. The molecule has 3 heterocycles. The van der Waals surface area contributed by atoms with Crippen LogP contribution in [0, 0.1) is 0 Å². The van der Waals surface area contributed by atoms with Gasteiger partial charge in [0.25, 0.3) is 11.8 Å². The van der Waals surface area contributed by atoms with Gasteiger partial charge in [0.1, 0.15) is 5.82 Å². The summed E-state index contributed by atoms with van der Waals surface area (Å²) in [4.78, 5) is 28.2. The van der Waals surface area contributed by atoms with Crippen molar-refractivity contribution in [3.63, 3.8) is 0 Å². The van der Waals surface area contributed by atoms with Crippen LogP contribution in [0.15, 0.2) is 53.3 Å². The molecular formula is C16H15N5O3. The summed E-state index contributed by atoms with van der Waals surface area (Å²) in [6.45, 7) is 0.296. The molecule has 0 bridgehead atoms. The van der Waals surface area contributed by atoms with Crippen molar-refractivity contribution >= 4 is 17.6 Å². The zero-order chi connectivity index (χ0) is 16.9. The molecule has 3 aromatic rings. The van der Waals surface area contributed by atoms with Gasteiger partial charge < -0.3 is 15.1 Å². The summed E-state index contributed by atoms with van der Waals surface area (Å²) in [7, 11) is 1.63. The van der Waals surface area contributed by atoms with Gasteiger partial charge in [-0.3, -0.25) is 19.3 Å². The summed E-state index contributed by atoms with van der Waals surface area (Å²) >= 11 is 0. The van der Waals surface area contributed by atoms with Crippen LogP contribution >= 0.6 is 0 Å². The molecule has 0 unspecified atom stereocenters. The Kier molecular flexibility index (Phi) is 4.37. The van der Waals surface area contributed by atoms with Crippen LogP contribution < -0.4 is 10.6 Å². The van der Waals surface area contributed by atoms with Crippen molar-refractivity contribution in [2.45, 2.75) is 6.54 Å². The van der Waals surface area contributed by atoms with Crippen LogP contribution in [0.1, 0.15) is 26.7 Å². The van der Waals surface area contributed by atoms with E-state index in [1.807, 2.05) is 12.1 Å². The van der Waals surface area contributed by atoms with Gasteiger partial charge in [0, 0.05) is 19.3 Å². The molecule has 0 aliphatic carbocycles. The molecule has 8 nitrogen and oxygen atoms in total. The minimum Gasteiger partial charge on any atom is -0.459 e. The van der Waals surface area contributed by atoms with E-state index in [4.69, 9.17) is 4.42 Å². The number of rotatable bonds is 5. The first-order chi connectivity index (χ1) is 11.6. The van der Waals surface area contributed by atoms with Crippen LogP contribution in [-0.4, -0.2) is 26.6 Å². The normalized spacial score (nSPS) is 10.4. The second kappa shape index (κ2) is 6.78. The van der Waals surface area contributed by atoms with E-state index in [0.29, 0.717) is 12.4 Å². The Bertz CT molecular complexity index is 840. The molecule has 122 valence electrons. The molecule has 0 atom stereocenters. The molecule has 24 heavy (non-hydrogen) atoms. The lowest BCUT2D eigenvalue weighted by Crippen LogP contribution is -2.23. The lowest BCUT2D eigenvalue weighted by atomic mass is 10.3. The number of carbonyl (C=O) groups excluding carboxylic acids is 2. The van der Waals surface area contributed by atoms with Gasteiger partial charge in [-0.05, 0) is 24.3 Å². The quantitative estimate of drug-likeness (QED) is 0.741. The third-order valence-electron chi connectivity index (χ3n) is 3.26. The predicted molar refractivity (Wildman–Crippen MR) is 85.3 cm³/mol. The SMILES string of the molecule is Cn1nc(C(=O)NCc2ccccn2)cc1NC(=O)c1ccco1. The molecule has 0 spiro atoms. The van der Waals surface area contributed by atoms with Crippen molar-refractivity contribution < 1.29 is 14.0 Å². The Morgan fingerprint density at radius 3 is 2.79 bits per heavy atom. The Balaban J connectivity index is 1.64. The average Bonchev–Trinajstić information content (AvgIpc) is 3.24. The fraction of sp³-hybridized carbons (Fsp3) is 0.125. The molecule has 8 heteroatoms. The van der Waals surface area contributed by atoms with E-state index >= 15 is 0 Å². The first-order valence-electron chi connectivity index (χ1n) is 7.20. The average molecular weight is 325 g/mol. The second-order valence-electron chi connectivity index (χ2n) is 4.97. The molecule has 0 saturated carbocycles. The smallest absolute Gasteiger partial charge is 0.292 e. The van der Waals surface area contributed by atoms with Crippen molar-refractivity contribution in [2.24, 2.45) is 7.05 Å². The van der Waals surface area contributed by atoms with E-state index in [1.165, 1.54) is 17.0 Å². The molecule has 2 amide bonds. The number of nitrogens with zero attached hydrogens (tertiary/aromatic N) is 3. The van der Waals surface area contributed by atoms with Crippen molar-refractivity contribution in [2.75, 3.05) is 5.32 Å². The second-order valence-corrected chi connectivity index (χ2v) is 4.97. The highest BCUT2D eigenvalue weighted by atomic mass is 16.3. The maximum atomic E-state index is 12.2. The van der Waals surface area contributed by atoms with E-state index in [1.54, 1.807) is 31.4 Å². The molecule has 3 rings (SSSR count). The summed E-state index contributed by atoms with van der Waals surface area (Å²) in [6.07, 6.45) is 3.07. The number of nitrogens with one attached hydrogen (secondary N) is 2. The molecule has 2 N–H and O–H groups in total. The van der Waals surface area contributed by atoms with Crippen molar-refractivity contribution in [1.82, 2.24) is 20.1 Å². The lowest BCUT2D eigenvalue weighted by molar-refractivity contribution is 0.0943. The van der Waals surface area contributed by atoms with E-state index in [9.17, 15) is 9.59 Å². The van der Waals surface area contributed by atoms with Crippen LogP contribution in [0.5, 0.6) is 0 Å². The number of aryl methyl sites for hydroxylation is 1. The molecule has 0 radical (unpaired) electrons. The van der Waals surface area contributed by atoms with E-state index < -0.39 is 5.91 Å². The third kappa shape index (κ3) is 3.49. The molecule has 0 fully saturated rings. The first-order valence-corrected chi connectivity index (χ1v) is 7.20. The van der Waals surface area contributed by atoms with Gasteiger partial charge in [-0.15, -0.1) is 0 Å². The van der Waals surface area contributed by atoms with Crippen molar-refractivity contribution in [3.05, 3.63) is 66.0 Å². The zero-order valence-corrected chi connectivity index (χ0v) is 12.9. The summed E-state index contributed by atoms with van der Waals surface area (Å²) in [5.74, 6) is -0.199. The standard InChI is InChI=1S/C16H15N5O3/c1-21-14(19-16(23)13-6-4-8-24-13)9-12(20-21)15(22)18-10-11-5-2-3-7-17-11/h2-9H,10H2,1H3,(H,18,22)(H,19,23). The van der Waals surface area contributed by atoms with Crippen LogP contribution in [0.4, 0.5) is 5.82 Å². The minimum absolute atomic E-state index is 0.178. The van der Waals surface area contributed by atoms with Crippen molar-refractivity contribution in [3.8, 4) is 0 Å². The summed E-state index contributed by atoms with van der Waals surface area (Å²) in [5, 5.41) is 9.46. The van der Waals surface area contributed by atoms with E-state index in [0.717, 1.165) is 5.69 Å². The molecule has 0 aliphatic heterocycles. The van der Waals surface area contributed by atoms with Gasteiger partial charge in [-0.1, -0.05) is 6.07 Å². The molecular weight excluding hydrogens is 310 g/mol. The van der Waals surface area contributed by atoms with Gasteiger partial charge in [-0.25, -0.2) is 0 Å². The topological polar surface area (TPSA) is 102 Å². The number of hydrogen-bond donors (Lipinski definition) is 2. The van der Waals surface area contributed by atoms with E-state index in [-0.39, 0.29) is 17.4 Å². The summed E-state index contributed by atoms with van der Waals surface area (Å²) in [6, 6.07) is 10.1. The maximum Gasteiger partial charge on any atom is 0.292 e. The van der Waals surface area contributed by atoms with E-state index in [2.05, 4.69) is 20.7 Å². The largest absolute Gasteiger partial charge is 0.459 e. The van der Waals surface area contributed by atoms with Gasteiger partial charge in [0.15, 0.2) is 11.5 Å². The number of carbonyl (C=O) groups is 2. The predicted octanol–water partition coefficient (Wildman–Crippen LogP) is 1.59. The van der Waals surface area contributed by atoms with Crippen molar-refractivity contribution in [1.29, 1.82) is 0 Å². The highest BCUT2D eigenvalue weighted by Crippen LogP contribution is 2.11. The number of amides is 2. The summed E-state index contributed by atoms with van der Waals surface area (Å²) in [5.41, 5.74) is 0.941. The molecule has 0 aliphatic rings. The van der Waals surface area contributed by atoms with Gasteiger partial charge >= 0.3 is 0 Å². The Morgan fingerprint density at radius 2 is 2.08 bits per heavy atom. The lowest BCUT2D eigenvalue weighted by Gasteiger charge is -2.01. The monoisotopic (exact) mass is 325 g/mol. The molecule has 0 aromatic carbocycles. The zero-order valence-electron chi connectivity index (χ0n) is 12.9. The van der Waals surface area contributed by atoms with Crippen LogP contribution in [0.2, 0.25) is 0 Å². The molecule has 3 aromatic heterocycles. The Labute approximate surface area is 137 Å². The number of hydrogen-bond acceptors (Lipinski definition) is 5. The van der Waals surface area contributed by atoms with Gasteiger partial charge in [0.2, 0.25) is 0 Å². The van der Waals surface area contributed by atoms with Crippen LogP contribution in [0.3, 0.4) is 0 Å². The fourth-order valence-corrected chi connectivity index (χ4v) is 2.04. The third-order valence-corrected chi connectivity index (χ3v) is 3.26. The molecule has 0 saturated heterocycles. The number of furan rings is 1. The Morgan fingerprint density at radius 1 is 1.21 bits per heavy atom. The fourth-order valence-electron chi connectivity index (χ4n) is 2.04. The number of pyridine rings is 1. The summed E-state index contributed by atoms with van der Waals surface area (Å²) < 4.78 is 6.43. The van der Waals surface area contributed by atoms with Gasteiger partial charge in [-0.2, -0.15) is 5.10 Å². The van der Waals surface area contributed by atoms with Gasteiger partial charge in [0.05, 0.1) is 18.5 Å². The van der Waals surface area contributed by atoms with Crippen LogP contribution in [0.25, 0.3) is 0 Å². The van der Waals surface area contributed by atoms with Crippen LogP contribution in [-0.2, 0) is 13.6 Å². The highest BCUT2D eigenvalue weighted by Gasteiger charge is 2.16. The number of aromatic nitrogens is 3. The number of anilines is 1. The highest BCUT2D eigenvalue weighted by molar-refractivity contribution is 6.02. The Hall–Kier alpha value is -3.42. The first kappa shape index (κ1) is 15.5.